The van der Waals surface area contributed by atoms with Crippen molar-refractivity contribution < 1.29 is 14.5 Å². The maximum absolute atomic E-state index is 12.6. The van der Waals surface area contributed by atoms with E-state index in [4.69, 9.17) is 51.1 Å². The number of carbonyl (C=O) groups is 1. The van der Waals surface area contributed by atoms with Gasteiger partial charge in [0.15, 0.2) is 11.4 Å². The molecule has 0 aromatic heterocycles. The fraction of sp³-hybridized carbons (Fsp3) is 0. The van der Waals surface area contributed by atoms with Crippen molar-refractivity contribution in [2.45, 2.75) is 0 Å². The highest BCUT2D eigenvalue weighted by Crippen LogP contribution is 2.51. The highest BCUT2D eigenvalue weighted by Gasteiger charge is 2.32. The standard InChI is InChI=1S/C19H10Cl4N2O4/c20-11-6-8-12(9-7-11)29-18-15(23)13(21)14(22)17(25(27)28)16(18)24-19(26)10-4-2-1-3-5-10/h1-9H,(H,24,26). The van der Waals surface area contributed by atoms with E-state index < -0.39 is 21.5 Å². The van der Waals surface area contributed by atoms with Gasteiger partial charge in [-0.1, -0.05) is 64.6 Å². The quantitative estimate of drug-likeness (QED) is 0.241. The van der Waals surface area contributed by atoms with Gasteiger partial charge in [-0.15, -0.1) is 0 Å². The summed E-state index contributed by atoms with van der Waals surface area (Å²) >= 11 is 24.2. The minimum absolute atomic E-state index is 0.194. The zero-order chi connectivity index (χ0) is 21.1. The average Bonchev–Trinajstić information content (AvgIpc) is 2.71. The Bertz CT molecular complexity index is 1090. The molecule has 1 N–H and O–H groups in total. The van der Waals surface area contributed by atoms with E-state index in [1.807, 2.05) is 0 Å². The first kappa shape index (κ1) is 21.2. The number of nitro groups is 1. The third-order valence-electron chi connectivity index (χ3n) is 3.75. The molecular weight excluding hydrogens is 462 g/mol. The van der Waals surface area contributed by atoms with Gasteiger partial charge in [0.2, 0.25) is 0 Å². The molecule has 0 saturated heterocycles. The lowest BCUT2D eigenvalue weighted by Gasteiger charge is -2.16. The summed E-state index contributed by atoms with van der Waals surface area (Å²) in [4.78, 5) is 23.5. The van der Waals surface area contributed by atoms with Crippen LogP contribution in [0.5, 0.6) is 11.5 Å². The van der Waals surface area contributed by atoms with Crippen LogP contribution in [0.2, 0.25) is 20.1 Å². The first-order valence-corrected chi connectivity index (χ1v) is 9.45. The van der Waals surface area contributed by atoms with Gasteiger partial charge in [-0.25, -0.2) is 0 Å². The van der Waals surface area contributed by atoms with Gasteiger partial charge < -0.3 is 10.1 Å². The zero-order valence-corrected chi connectivity index (χ0v) is 17.3. The van der Waals surface area contributed by atoms with Crippen LogP contribution >= 0.6 is 46.4 Å². The van der Waals surface area contributed by atoms with Gasteiger partial charge in [0.25, 0.3) is 5.91 Å². The van der Waals surface area contributed by atoms with Crippen molar-refractivity contribution in [2.24, 2.45) is 0 Å². The van der Waals surface area contributed by atoms with Crippen LogP contribution in [-0.2, 0) is 0 Å². The summed E-state index contributed by atoms with van der Waals surface area (Å²) in [6, 6.07) is 14.3. The van der Waals surface area contributed by atoms with Gasteiger partial charge in [-0.3, -0.25) is 14.9 Å². The van der Waals surface area contributed by atoms with Crippen LogP contribution in [0.25, 0.3) is 0 Å². The summed E-state index contributed by atoms with van der Waals surface area (Å²) in [5.41, 5.74) is -0.700. The summed E-state index contributed by atoms with van der Waals surface area (Å²) < 4.78 is 5.71. The summed E-state index contributed by atoms with van der Waals surface area (Å²) in [5, 5.41) is 13.7. The highest BCUT2D eigenvalue weighted by molar-refractivity contribution is 6.50. The molecule has 0 aliphatic heterocycles. The number of rotatable bonds is 5. The van der Waals surface area contributed by atoms with Gasteiger partial charge in [0, 0.05) is 10.6 Å². The van der Waals surface area contributed by atoms with E-state index in [2.05, 4.69) is 5.32 Å². The van der Waals surface area contributed by atoms with Crippen LogP contribution in [-0.4, -0.2) is 10.8 Å². The van der Waals surface area contributed by atoms with Gasteiger partial charge in [0.1, 0.15) is 15.8 Å². The smallest absolute Gasteiger partial charge is 0.316 e. The monoisotopic (exact) mass is 470 g/mol. The predicted octanol–water partition coefficient (Wildman–Crippen LogP) is 7.25. The van der Waals surface area contributed by atoms with Crippen molar-refractivity contribution in [1.82, 2.24) is 0 Å². The first-order valence-electron chi connectivity index (χ1n) is 7.94. The second kappa shape index (κ2) is 8.88. The third kappa shape index (κ3) is 4.57. The lowest BCUT2D eigenvalue weighted by molar-refractivity contribution is -0.383. The van der Waals surface area contributed by atoms with Crippen LogP contribution in [0.3, 0.4) is 0 Å². The molecule has 0 aliphatic rings. The van der Waals surface area contributed by atoms with E-state index >= 15 is 0 Å². The predicted molar refractivity (Wildman–Crippen MR) is 114 cm³/mol. The molecule has 0 bridgehead atoms. The Kier molecular flexibility index (Phi) is 6.49. The molecule has 0 spiro atoms. The van der Waals surface area contributed by atoms with Crippen molar-refractivity contribution in [3.8, 4) is 11.5 Å². The van der Waals surface area contributed by atoms with E-state index in [-0.39, 0.29) is 32.8 Å². The molecule has 148 valence electrons. The molecule has 3 aromatic rings. The van der Waals surface area contributed by atoms with Crippen LogP contribution < -0.4 is 10.1 Å². The van der Waals surface area contributed by atoms with Gasteiger partial charge in [-0.05, 0) is 36.4 Å². The van der Waals surface area contributed by atoms with Crippen molar-refractivity contribution in [2.75, 3.05) is 5.32 Å². The van der Waals surface area contributed by atoms with Crippen molar-refractivity contribution >= 4 is 63.7 Å². The number of ether oxygens (including phenoxy) is 1. The number of halogens is 4. The van der Waals surface area contributed by atoms with Gasteiger partial charge in [-0.2, -0.15) is 0 Å². The first-order chi connectivity index (χ1) is 13.8. The Morgan fingerprint density at radius 2 is 1.52 bits per heavy atom. The SMILES string of the molecule is O=C(Nc1c(Oc2ccc(Cl)cc2)c(Cl)c(Cl)c(Cl)c1[N+](=O)[O-])c1ccccc1. The average molecular weight is 472 g/mol. The molecular formula is C19H10Cl4N2O4. The summed E-state index contributed by atoms with van der Waals surface area (Å²) in [6.07, 6.45) is 0. The molecule has 0 atom stereocenters. The second-order valence-corrected chi connectivity index (χ2v) is 7.20. The highest BCUT2D eigenvalue weighted by atomic mass is 35.5. The number of carbonyl (C=O) groups excluding carboxylic acids is 1. The van der Waals surface area contributed by atoms with E-state index in [0.29, 0.717) is 5.02 Å². The lowest BCUT2D eigenvalue weighted by Crippen LogP contribution is -2.14. The number of nitro benzene ring substituents is 1. The molecule has 0 aliphatic carbocycles. The minimum Gasteiger partial charge on any atom is -0.453 e. The Labute approximate surface area is 185 Å². The fourth-order valence-corrected chi connectivity index (χ4v) is 3.24. The number of nitrogens with zero attached hydrogens (tertiary/aromatic N) is 1. The molecule has 0 radical (unpaired) electrons. The lowest BCUT2D eigenvalue weighted by atomic mass is 10.2. The molecule has 29 heavy (non-hydrogen) atoms. The third-order valence-corrected chi connectivity index (χ3v) is 5.30. The van der Waals surface area contributed by atoms with Crippen molar-refractivity contribution in [3.63, 3.8) is 0 Å². The number of benzene rings is 3. The number of hydrogen-bond donors (Lipinski definition) is 1. The number of amides is 1. The number of nitrogens with one attached hydrogen (secondary N) is 1. The maximum atomic E-state index is 12.6. The van der Waals surface area contributed by atoms with Crippen LogP contribution in [0, 0.1) is 10.1 Å². The van der Waals surface area contributed by atoms with E-state index in [1.165, 1.54) is 12.1 Å². The molecule has 3 rings (SSSR count). The van der Waals surface area contributed by atoms with Crippen LogP contribution in [0.15, 0.2) is 54.6 Å². The Balaban J connectivity index is 2.15. The fourth-order valence-electron chi connectivity index (χ4n) is 2.41. The molecule has 0 unspecified atom stereocenters. The van der Waals surface area contributed by atoms with Crippen molar-refractivity contribution in [1.29, 1.82) is 0 Å². The largest absolute Gasteiger partial charge is 0.453 e. The molecule has 3 aromatic carbocycles. The molecule has 0 saturated carbocycles. The Morgan fingerprint density at radius 3 is 2.10 bits per heavy atom. The number of anilines is 1. The Hall–Kier alpha value is -2.51. The minimum atomic E-state index is -0.778. The molecule has 10 heteroatoms. The zero-order valence-electron chi connectivity index (χ0n) is 14.3. The molecule has 6 nitrogen and oxygen atoms in total. The Morgan fingerprint density at radius 1 is 0.897 bits per heavy atom. The topological polar surface area (TPSA) is 81.5 Å². The maximum Gasteiger partial charge on any atom is 0.316 e. The van der Waals surface area contributed by atoms with Crippen LogP contribution in [0.4, 0.5) is 11.4 Å². The van der Waals surface area contributed by atoms with Crippen LogP contribution in [0.1, 0.15) is 10.4 Å². The normalized spacial score (nSPS) is 10.5. The summed E-state index contributed by atoms with van der Waals surface area (Å²) in [6.45, 7) is 0. The molecule has 0 heterocycles. The second-order valence-electron chi connectivity index (χ2n) is 5.63. The summed E-state index contributed by atoms with van der Waals surface area (Å²) in [7, 11) is 0. The number of hydrogen-bond acceptors (Lipinski definition) is 4. The van der Waals surface area contributed by atoms with E-state index in [1.54, 1.807) is 42.5 Å². The summed E-state index contributed by atoms with van der Waals surface area (Å²) in [5.74, 6) is -0.581. The van der Waals surface area contributed by atoms with Gasteiger partial charge >= 0.3 is 5.69 Å². The molecule has 1 amide bonds. The van der Waals surface area contributed by atoms with Gasteiger partial charge in [0.05, 0.1) is 9.95 Å². The van der Waals surface area contributed by atoms with Crippen molar-refractivity contribution in [3.05, 3.63) is 90.4 Å². The molecule has 0 fully saturated rings. The van der Waals surface area contributed by atoms with E-state index in [9.17, 15) is 14.9 Å². The van der Waals surface area contributed by atoms with E-state index in [0.717, 1.165) is 0 Å².